The zero-order chi connectivity index (χ0) is 35.9. The quantitative estimate of drug-likeness (QED) is 0.0903. The molecule has 0 unspecified atom stereocenters. The summed E-state index contributed by atoms with van der Waals surface area (Å²) in [5.41, 5.74) is 0.345. The third kappa shape index (κ3) is 11.1. The Morgan fingerprint density at radius 3 is 2.22 bits per heavy atom. The summed E-state index contributed by atoms with van der Waals surface area (Å²) in [5, 5.41) is 11.9. The van der Waals surface area contributed by atoms with Gasteiger partial charge in [-0.05, 0) is 74.9 Å². The van der Waals surface area contributed by atoms with Crippen LogP contribution in [0.3, 0.4) is 0 Å². The zero-order valence-corrected chi connectivity index (χ0v) is 29.2. The molecule has 1 atom stereocenters. The third-order valence-electron chi connectivity index (χ3n) is 7.24. The van der Waals surface area contributed by atoms with E-state index >= 15 is 0 Å². The number of halogens is 4. The number of ether oxygens (including phenoxy) is 6. The van der Waals surface area contributed by atoms with Crippen LogP contribution in [-0.4, -0.2) is 56.5 Å². The molecule has 1 fully saturated rings. The molecule has 15 heteroatoms. The molecule has 266 valence electrons. The van der Waals surface area contributed by atoms with Crippen molar-refractivity contribution in [3.63, 3.8) is 0 Å². The molecule has 3 aromatic rings. The van der Waals surface area contributed by atoms with Crippen molar-refractivity contribution in [3.8, 4) is 23.0 Å². The van der Waals surface area contributed by atoms with Crippen molar-refractivity contribution in [1.29, 1.82) is 0 Å². The van der Waals surface area contributed by atoms with Gasteiger partial charge in [-0.3, -0.25) is 9.69 Å². The summed E-state index contributed by atoms with van der Waals surface area (Å²) in [7, 11) is 2.97. The first-order chi connectivity index (χ1) is 23.1. The number of methoxy groups -OCH3 is 2. The number of carbonyl (C=O) groups is 2. The standard InChI is InChI=1S/C34H38Cl2F2N2O9/c1-34(2,3)49-33(42)39(15-21-8-10-26(44-4)29(12-21)45-5)18-31(41)47-28(14-23-24(35)16-40(43)17-25(23)36)22-9-11-27(48-32(37)38)30(13-22)46-19-20-6-7-20/h8-13,16-17,20,28,32H,6-7,14-15,18-19H2,1-5H3/t28-/m0/s1. The Morgan fingerprint density at radius 1 is 0.980 bits per heavy atom. The van der Waals surface area contributed by atoms with Crippen molar-refractivity contribution in [2.75, 3.05) is 27.4 Å². The monoisotopic (exact) mass is 726 g/mol. The zero-order valence-electron chi connectivity index (χ0n) is 27.7. The number of hydrogen-bond acceptors (Lipinski definition) is 9. The van der Waals surface area contributed by atoms with Gasteiger partial charge in [0.25, 0.3) is 0 Å². The molecule has 49 heavy (non-hydrogen) atoms. The van der Waals surface area contributed by atoms with E-state index in [2.05, 4.69) is 4.74 Å². The summed E-state index contributed by atoms with van der Waals surface area (Å²) in [5.74, 6) is 0.176. The molecule has 11 nitrogen and oxygen atoms in total. The van der Waals surface area contributed by atoms with Crippen LogP contribution in [0.4, 0.5) is 13.6 Å². The largest absolute Gasteiger partial charge is 0.619 e. The third-order valence-corrected chi connectivity index (χ3v) is 7.89. The fraction of sp³-hybridized carbons (Fsp3) is 0.441. The maximum Gasteiger partial charge on any atom is 0.411 e. The Balaban J connectivity index is 1.66. The van der Waals surface area contributed by atoms with Crippen molar-refractivity contribution in [1.82, 2.24) is 4.90 Å². The number of carbonyl (C=O) groups excluding carboxylic acids is 2. The first-order valence-corrected chi connectivity index (χ1v) is 16.1. The van der Waals surface area contributed by atoms with Gasteiger partial charge in [0.15, 0.2) is 35.4 Å². The number of nitrogens with zero attached hydrogens (tertiary/aromatic N) is 2. The minimum atomic E-state index is -3.10. The predicted octanol–water partition coefficient (Wildman–Crippen LogP) is 7.30. The fourth-order valence-corrected chi connectivity index (χ4v) is 5.32. The summed E-state index contributed by atoms with van der Waals surface area (Å²) >= 11 is 12.7. The van der Waals surface area contributed by atoms with Crippen molar-refractivity contribution in [2.24, 2.45) is 5.92 Å². The van der Waals surface area contributed by atoms with Crippen molar-refractivity contribution in [3.05, 3.63) is 80.7 Å². The average Bonchev–Trinajstić information content (AvgIpc) is 3.85. The van der Waals surface area contributed by atoms with E-state index in [1.54, 1.807) is 39.0 Å². The van der Waals surface area contributed by atoms with Gasteiger partial charge in [0.05, 0.1) is 20.8 Å². The number of rotatable bonds is 15. The van der Waals surface area contributed by atoms with Crippen LogP contribution in [0, 0.1) is 11.1 Å². The van der Waals surface area contributed by atoms with E-state index in [1.807, 2.05) is 0 Å². The number of benzene rings is 2. The van der Waals surface area contributed by atoms with Crippen molar-refractivity contribution >= 4 is 35.3 Å². The van der Waals surface area contributed by atoms with Gasteiger partial charge < -0.3 is 33.6 Å². The van der Waals surface area contributed by atoms with Crippen LogP contribution < -0.4 is 23.7 Å². The lowest BCUT2D eigenvalue weighted by Crippen LogP contribution is -2.40. The Kier molecular flexibility index (Phi) is 12.6. The lowest BCUT2D eigenvalue weighted by molar-refractivity contribution is -0.605. The van der Waals surface area contributed by atoms with Gasteiger partial charge in [-0.1, -0.05) is 35.3 Å². The van der Waals surface area contributed by atoms with E-state index in [1.165, 1.54) is 37.3 Å². The lowest BCUT2D eigenvalue weighted by Gasteiger charge is -2.28. The highest BCUT2D eigenvalue weighted by Gasteiger charge is 2.29. The minimum Gasteiger partial charge on any atom is -0.619 e. The highest BCUT2D eigenvalue weighted by molar-refractivity contribution is 6.35. The molecule has 0 N–H and O–H groups in total. The topological polar surface area (TPSA) is 120 Å². The molecule has 1 heterocycles. The molecule has 0 bridgehead atoms. The summed E-state index contributed by atoms with van der Waals surface area (Å²) in [6, 6.07) is 9.20. The molecule has 2 aromatic carbocycles. The smallest absolute Gasteiger partial charge is 0.411 e. The molecule has 0 spiro atoms. The predicted molar refractivity (Wildman–Crippen MR) is 175 cm³/mol. The highest BCUT2D eigenvalue weighted by Crippen LogP contribution is 2.38. The first kappa shape index (κ1) is 37.6. The molecule has 1 saturated carbocycles. The average molecular weight is 728 g/mol. The fourth-order valence-electron chi connectivity index (χ4n) is 4.72. The number of aromatic nitrogens is 1. The minimum absolute atomic E-state index is 0.00949. The number of esters is 1. The van der Waals surface area contributed by atoms with Crippen LogP contribution in [0.1, 0.15) is 56.4 Å². The normalized spacial score (nSPS) is 13.4. The van der Waals surface area contributed by atoms with E-state index < -0.39 is 36.9 Å². The highest BCUT2D eigenvalue weighted by atomic mass is 35.5. The first-order valence-electron chi connectivity index (χ1n) is 15.3. The Bertz CT molecular complexity index is 1610. The number of amides is 1. The summed E-state index contributed by atoms with van der Waals surface area (Å²) in [6.07, 6.45) is 2.06. The summed E-state index contributed by atoms with van der Waals surface area (Å²) in [6.45, 7) is 1.65. The molecular formula is C34H38Cl2F2N2O9. The SMILES string of the molecule is COc1ccc(CN(CC(=O)O[C@@H](Cc2c(Cl)c[n+]([O-])cc2Cl)c2ccc(OC(F)F)c(OCC3CC3)c2)C(=O)OC(C)(C)C)cc1OC. The molecule has 0 aliphatic heterocycles. The van der Waals surface area contributed by atoms with E-state index in [0.717, 1.165) is 25.2 Å². The molecule has 0 radical (unpaired) electrons. The second-order valence-corrected chi connectivity index (χ2v) is 13.2. The van der Waals surface area contributed by atoms with Crippen LogP contribution in [-0.2, 0) is 27.2 Å². The molecule has 1 aliphatic carbocycles. The Hall–Kier alpha value is -4.23. The number of alkyl halides is 2. The summed E-state index contributed by atoms with van der Waals surface area (Å²) < 4.78 is 59.6. The Labute approximate surface area is 293 Å². The van der Waals surface area contributed by atoms with Gasteiger partial charge in [-0.25, -0.2) is 4.79 Å². The van der Waals surface area contributed by atoms with E-state index in [-0.39, 0.29) is 46.7 Å². The van der Waals surface area contributed by atoms with Crippen molar-refractivity contribution < 1.29 is 51.5 Å². The van der Waals surface area contributed by atoms with Crippen LogP contribution in [0.15, 0.2) is 48.8 Å². The van der Waals surface area contributed by atoms with Gasteiger partial charge in [0.1, 0.15) is 28.3 Å². The molecular weight excluding hydrogens is 689 g/mol. The van der Waals surface area contributed by atoms with E-state index in [4.69, 9.17) is 46.9 Å². The van der Waals surface area contributed by atoms with Crippen molar-refractivity contribution in [2.45, 2.75) is 64.9 Å². The van der Waals surface area contributed by atoms with Gasteiger partial charge in [0.2, 0.25) is 0 Å². The van der Waals surface area contributed by atoms with Crippen LogP contribution >= 0.6 is 23.2 Å². The molecule has 1 aliphatic rings. The second-order valence-electron chi connectivity index (χ2n) is 12.3. The van der Waals surface area contributed by atoms with Crippen LogP contribution in [0.2, 0.25) is 10.0 Å². The molecule has 4 rings (SSSR count). The molecule has 1 amide bonds. The van der Waals surface area contributed by atoms with Crippen LogP contribution in [0.25, 0.3) is 0 Å². The van der Waals surface area contributed by atoms with E-state index in [9.17, 15) is 23.6 Å². The van der Waals surface area contributed by atoms with Gasteiger partial charge in [-0.2, -0.15) is 13.5 Å². The number of hydrogen-bond donors (Lipinski definition) is 0. The maximum absolute atomic E-state index is 13.7. The maximum atomic E-state index is 13.7. The van der Waals surface area contributed by atoms with Gasteiger partial charge >= 0.3 is 18.7 Å². The molecule has 0 saturated heterocycles. The van der Waals surface area contributed by atoms with Crippen LogP contribution in [0.5, 0.6) is 23.0 Å². The van der Waals surface area contributed by atoms with Gasteiger partial charge in [-0.15, -0.1) is 0 Å². The van der Waals surface area contributed by atoms with Gasteiger partial charge in [0, 0.05) is 18.5 Å². The summed E-state index contributed by atoms with van der Waals surface area (Å²) in [4.78, 5) is 28.2. The molecule has 1 aromatic heterocycles. The van der Waals surface area contributed by atoms with E-state index in [0.29, 0.717) is 33.3 Å². The second kappa shape index (κ2) is 16.4. The lowest BCUT2D eigenvalue weighted by atomic mass is 10.0. The Morgan fingerprint density at radius 2 is 1.63 bits per heavy atom. The number of pyridine rings is 1.